The van der Waals surface area contributed by atoms with E-state index in [1.165, 1.54) is 0 Å². The quantitative estimate of drug-likeness (QED) is 0.556. The van der Waals surface area contributed by atoms with Gasteiger partial charge in [0.05, 0.1) is 5.52 Å². The summed E-state index contributed by atoms with van der Waals surface area (Å²) in [6.45, 7) is 2.94. The number of aromatic nitrogens is 3. The fourth-order valence-corrected chi connectivity index (χ4v) is 3.24. The average molecular weight is 361 g/mol. The summed E-state index contributed by atoms with van der Waals surface area (Å²) in [4.78, 5) is 17.4. The van der Waals surface area contributed by atoms with Crippen LogP contribution in [0.15, 0.2) is 58.0 Å². The van der Waals surface area contributed by atoms with Crippen molar-refractivity contribution in [2.45, 2.75) is 13.5 Å². The van der Waals surface area contributed by atoms with Crippen molar-refractivity contribution in [3.63, 3.8) is 0 Å². The number of aryl methyl sites for hydroxylation is 1. The van der Waals surface area contributed by atoms with Crippen molar-refractivity contribution in [1.82, 2.24) is 14.7 Å². The molecule has 0 aliphatic carbocycles. The Morgan fingerprint density at radius 2 is 1.96 bits per heavy atom. The van der Waals surface area contributed by atoms with Crippen molar-refractivity contribution in [3.05, 3.63) is 58.9 Å². The molecule has 0 atom stereocenters. The van der Waals surface area contributed by atoms with E-state index in [4.69, 9.17) is 14.0 Å². The lowest BCUT2D eigenvalue weighted by atomic mass is 10.1. The molecular weight excluding hydrogens is 346 g/mol. The van der Waals surface area contributed by atoms with Gasteiger partial charge in [-0.25, -0.2) is 0 Å². The van der Waals surface area contributed by atoms with E-state index in [2.05, 4.69) is 10.1 Å². The summed E-state index contributed by atoms with van der Waals surface area (Å²) < 4.78 is 18.1. The number of benzene rings is 2. The second-order valence-electron chi connectivity index (χ2n) is 6.17. The maximum absolute atomic E-state index is 12.9. The highest BCUT2D eigenvalue weighted by atomic mass is 16.7. The van der Waals surface area contributed by atoms with Gasteiger partial charge in [-0.3, -0.25) is 4.79 Å². The maximum atomic E-state index is 12.9. The van der Waals surface area contributed by atoms with Gasteiger partial charge in [-0.2, -0.15) is 4.98 Å². The first-order chi connectivity index (χ1) is 13.2. The molecule has 0 radical (unpaired) electrons. The van der Waals surface area contributed by atoms with Crippen LogP contribution in [0.25, 0.3) is 33.7 Å². The molecule has 134 valence electrons. The highest BCUT2D eigenvalue weighted by Gasteiger charge is 2.19. The molecule has 1 aliphatic heterocycles. The van der Waals surface area contributed by atoms with Gasteiger partial charge in [-0.15, -0.1) is 0 Å². The molecule has 0 spiro atoms. The predicted octanol–water partition coefficient (Wildman–Crippen LogP) is 3.47. The van der Waals surface area contributed by atoms with Crippen LogP contribution in [-0.4, -0.2) is 21.5 Å². The lowest BCUT2D eigenvalue weighted by molar-refractivity contribution is 0.174. The molecular formula is C20H15N3O4. The van der Waals surface area contributed by atoms with Crippen LogP contribution in [-0.2, 0) is 6.54 Å². The highest BCUT2D eigenvalue weighted by Crippen LogP contribution is 2.35. The monoisotopic (exact) mass is 361 g/mol. The van der Waals surface area contributed by atoms with E-state index in [9.17, 15) is 4.79 Å². The van der Waals surface area contributed by atoms with Crippen LogP contribution in [0.2, 0.25) is 0 Å². The Kier molecular flexibility index (Phi) is 3.46. The van der Waals surface area contributed by atoms with E-state index in [0.717, 1.165) is 17.6 Å². The number of para-hydroxylation sites is 1. The van der Waals surface area contributed by atoms with Gasteiger partial charge < -0.3 is 18.6 Å². The number of fused-ring (bicyclic) bond motifs is 2. The lowest BCUT2D eigenvalue weighted by Crippen LogP contribution is -2.11. The van der Waals surface area contributed by atoms with Crippen LogP contribution < -0.4 is 14.9 Å². The molecule has 2 aromatic heterocycles. The van der Waals surface area contributed by atoms with E-state index in [-0.39, 0.29) is 18.1 Å². The standard InChI is InChI=1S/C20H15N3O4/c1-2-23-10-14(18(24)13-5-3-4-6-15(13)23)20-21-19(22-27-20)12-7-8-16-17(9-12)26-11-25-16/h3-10H,2,11H2,1H3. The molecule has 0 saturated carbocycles. The van der Waals surface area contributed by atoms with Crippen molar-refractivity contribution in [1.29, 1.82) is 0 Å². The van der Waals surface area contributed by atoms with Crippen LogP contribution in [0.1, 0.15) is 6.92 Å². The first-order valence-corrected chi connectivity index (χ1v) is 8.61. The summed E-state index contributed by atoms with van der Waals surface area (Å²) in [5.41, 5.74) is 1.86. The Hall–Kier alpha value is -3.61. The van der Waals surface area contributed by atoms with Crippen LogP contribution in [0.4, 0.5) is 0 Å². The van der Waals surface area contributed by atoms with Gasteiger partial charge in [0.2, 0.25) is 18.0 Å². The molecule has 3 heterocycles. The third-order valence-electron chi connectivity index (χ3n) is 4.62. The highest BCUT2D eigenvalue weighted by molar-refractivity contribution is 5.82. The molecule has 7 heteroatoms. The smallest absolute Gasteiger partial charge is 0.263 e. The van der Waals surface area contributed by atoms with Crippen molar-refractivity contribution in [2.75, 3.05) is 6.79 Å². The van der Waals surface area contributed by atoms with Gasteiger partial charge in [-0.1, -0.05) is 17.3 Å². The van der Waals surface area contributed by atoms with Gasteiger partial charge in [0.15, 0.2) is 11.5 Å². The molecule has 27 heavy (non-hydrogen) atoms. The van der Waals surface area contributed by atoms with E-state index in [1.807, 2.05) is 41.8 Å². The Bertz CT molecular complexity index is 1230. The van der Waals surface area contributed by atoms with E-state index < -0.39 is 0 Å². The molecule has 4 aromatic rings. The van der Waals surface area contributed by atoms with Crippen molar-refractivity contribution in [3.8, 4) is 34.3 Å². The maximum Gasteiger partial charge on any atom is 0.263 e. The van der Waals surface area contributed by atoms with Gasteiger partial charge in [-0.05, 0) is 37.3 Å². The second-order valence-corrected chi connectivity index (χ2v) is 6.17. The van der Waals surface area contributed by atoms with E-state index >= 15 is 0 Å². The van der Waals surface area contributed by atoms with Crippen LogP contribution >= 0.6 is 0 Å². The summed E-state index contributed by atoms with van der Waals surface area (Å²) in [6, 6.07) is 12.9. The molecule has 5 rings (SSSR count). The van der Waals surface area contributed by atoms with Gasteiger partial charge >= 0.3 is 0 Å². The molecule has 1 aliphatic rings. The number of hydrogen-bond acceptors (Lipinski definition) is 6. The molecule has 0 saturated heterocycles. The zero-order valence-corrected chi connectivity index (χ0v) is 14.5. The third kappa shape index (κ3) is 2.47. The van der Waals surface area contributed by atoms with E-state index in [0.29, 0.717) is 28.3 Å². The predicted molar refractivity (Wildman–Crippen MR) is 98.7 cm³/mol. The number of ether oxygens (including phenoxy) is 2. The van der Waals surface area contributed by atoms with Crippen molar-refractivity contribution >= 4 is 10.9 Å². The summed E-state index contributed by atoms with van der Waals surface area (Å²) in [6.07, 6.45) is 1.77. The van der Waals surface area contributed by atoms with Crippen LogP contribution in [0.3, 0.4) is 0 Å². The Labute approximate surface area is 153 Å². The van der Waals surface area contributed by atoms with Crippen LogP contribution in [0.5, 0.6) is 11.5 Å². The average Bonchev–Trinajstić information content (AvgIpc) is 3.37. The minimum absolute atomic E-state index is 0.129. The second kappa shape index (κ2) is 5.98. The molecule has 0 amide bonds. The number of rotatable bonds is 3. The third-order valence-corrected chi connectivity index (χ3v) is 4.62. The minimum atomic E-state index is -0.129. The normalized spacial score (nSPS) is 12.6. The number of nitrogens with zero attached hydrogens (tertiary/aromatic N) is 3. The topological polar surface area (TPSA) is 79.4 Å². The largest absolute Gasteiger partial charge is 0.454 e. The molecule has 0 unspecified atom stereocenters. The van der Waals surface area contributed by atoms with E-state index in [1.54, 1.807) is 18.3 Å². The zero-order chi connectivity index (χ0) is 18.4. The minimum Gasteiger partial charge on any atom is -0.454 e. The first-order valence-electron chi connectivity index (χ1n) is 8.61. The van der Waals surface area contributed by atoms with Crippen LogP contribution in [0, 0.1) is 0 Å². The number of hydrogen-bond donors (Lipinski definition) is 0. The van der Waals surface area contributed by atoms with Crippen molar-refractivity contribution < 1.29 is 14.0 Å². The summed E-state index contributed by atoms with van der Waals surface area (Å²) in [5.74, 6) is 1.90. The Balaban J connectivity index is 1.62. The molecule has 0 bridgehead atoms. The lowest BCUT2D eigenvalue weighted by Gasteiger charge is -2.09. The van der Waals surface area contributed by atoms with Gasteiger partial charge in [0.25, 0.3) is 5.89 Å². The SMILES string of the molecule is CCn1cc(-c2nc(-c3ccc4c(c3)OCO4)no2)c(=O)c2ccccc21. The fourth-order valence-electron chi connectivity index (χ4n) is 3.24. The first kappa shape index (κ1) is 15.6. The van der Waals surface area contributed by atoms with Gasteiger partial charge in [0, 0.05) is 23.7 Å². The summed E-state index contributed by atoms with van der Waals surface area (Å²) in [5, 5.41) is 4.66. The summed E-state index contributed by atoms with van der Waals surface area (Å²) >= 11 is 0. The Morgan fingerprint density at radius 3 is 2.85 bits per heavy atom. The van der Waals surface area contributed by atoms with Gasteiger partial charge in [0.1, 0.15) is 5.56 Å². The van der Waals surface area contributed by atoms with Crippen molar-refractivity contribution in [2.24, 2.45) is 0 Å². The molecule has 2 aromatic carbocycles. The molecule has 7 nitrogen and oxygen atoms in total. The number of pyridine rings is 1. The zero-order valence-electron chi connectivity index (χ0n) is 14.5. The summed E-state index contributed by atoms with van der Waals surface area (Å²) in [7, 11) is 0. The Morgan fingerprint density at radius 1 is 1.11 bits per heavy atom. The molecule has 0 fully saturated rings. The fraction of sp³-hybridized carbons (Fsp3) is 0.150. The molecule has 0 N–H and O–H groups in total.